The smallest absolute Gasteiger partial charge is 0.394 e. The average Bonchev–Trinajstić information content (AvgIpc) is 2.26. The van der Waals surface area contributed by atoms with Crippen LogP contribution in [-0.2, 0) is 10.9 Å². The maximum Gasteiger partial charge on any atom is 0.416 e. The third-order valence-electron chi connectivity index (χ3n) is 2.11. The van der Waals surface area contributed by atoms with Crippen LogP contribution in [0.4, 0.5) is 24.8 Å². The molecule has 0 radical (unpaired) electrons. The second-order valence-corrected chi connectivity index (χ2v) is 3.64. The summed E-state index contributed by atoms with van der Waals surface area (Å²) < 4.78 is 42.4. The molecule has 0 aliphatic carbocycles. The molecule has 1 heterocycles. The van der Waals surface area contributed by atoms with Crippen molar-refractivity contribution in [3.05, 3.63) is 17.7 Å². The first-order valence-electron chi connectivity index (χ1n) is 5.08. The van der Waals surface area contributed by atoms with Crippen molar-refractivity contribution < 1.29 is 23.0 Å². The molecule has 102 valence electrons. The van der Waals surface area contributed by atoms with Gasteiger partial charge in [-0.2, -0.15) is 13.2 Å². The lowest BCUT2D eigenvalue weighted by atomic mass is 10.2. The van der Waals surface area contributed by atoms with Crippen LogP contribution < -0.4 is 11.1 Å². The van der Waals surface area contributed by atoms with E-state index >= 15 is 0 Å². The van der Waals surface area contributed by atoms with Gasteiger partial charge < -0.3 is 20.9 Å². The Morgan fingerprint density at radius 3 is 2.67 bits per heavy atom. The molecular weight excluding hydrogens is 251 g/mol. The lowest BCUT2D eigenvalue weighted by Gasteiger charge is -2.17. The van der Waals surface area contributed by atoms with Gasteiger partial charge in [-0.05, 0) is 12.1 Å². The Hall–Kier alpha value is -1.54. The number of rotatable bonds is 5. The zero-order chi connectivity index (χ0) is 13.8. The predicted octanol–water partition coefficient (Wildman–Crippen LogP) is 1.10. The molecule has 5 nitrogen and oxygen atoms in total. The van der Waals surface area contributed by atoms with E-state index < -0.39 is 17.8 Å². The molecule has 1 aromatic rings. The number of nitrogens with two attached hydrogens (primary N) is 1. The molecule has 4 N–H and O–H groups in total. The molecule has 0 spiro atoms. The van der Waals surface area contributed by atoms with E-state index in [-0.39, 0.29) is 24.8 Å². The molecule has 18 heavy (non-hydrogen) atoms. The van der Waals surface area contributed by atoms with Crippen LogP contribution in [0.15, 0.2) is 12.1 Å². The summed E-state index contributed by atoms with van der Waals surface area (Å²) in [6.07, 6.45) is -4.50. The molecule has 0 aliphatic heterocycles. The number of aliphatic hydroxyl groups is 1. The van der Waals surface area contributed by atoms with Crippen molar-refractivity contribution in [2.24, 2.45) is 0 Å². The summed E-state index contributed by atoms with van der Waals surface area (Å²) in [7, 11) is 1.41. The van der Waals surface area contributed by atoms with Crippen molar-refractivity contribution in [2.75, 3.05) is 31.4 Å². The van der Waals surface area contributed by atoms with Crippen molar-refractivity contribution in [3.63, 3.8) is 0 Å². The van der Waals surface area contributed by atoms with Crippen molar-refractivity contribution >= 4 is 11.6 Å². The molecule has 0 aliphatic rings. The summed E-state index contributed by atoms with van der Waals surface area (Å²) in [5, 5.41) is 11.6. The van der Waals surface area contributed by atoms with Crippen LogP contribution in [0, 0.1) is 0 Å². The van der Waals surface area contributed by atoms with E-state index in [0.717, 1.165) is 12.1 Å². The van der Waals surface area contributed by atoms with E-state index in [4.69, 9.17) is 15.6 Å². The van der Waals surface area contributed by atoms with Gasteiger partial charge in [-0.15, -0.1) is 0 Å². The zero-order valence-corrected chi connectivity index (χ0v) is 9.66. The number of nitrogens with zero attached hydrogens (tertiary/aromatic N) is 1. The zero-order valence-electron chi connectivity index (χ0n) is 9.66. The molecule has 0 fully saturated rings. The van der Waals surface area contributed by atoms with Gasteiger partial charge in [0.05, 0.1) is 24.8 Å². The lowest BCUT2D eigenvalue weighted by Crippen LogP contribution is -2.29. The highest BCUT2D eigenvalue weighted by Crippen LogP contribution is 2.31. The van der Waals surface area contributed by atoms with Crippen LogP contribution in [0.3, 0.4) is 0 Å². The molecule has 0 saturated heterocycles. The summed E-state index contributed by atoms with van der Waals surface area (Å²) in [6, 6.07) is 1.02. The summed E-state index contributed by atoms with van der Waals surface area (Å²) in [5.74, 6) is -0.306. The fourth-order valence-electron chi connectivity index (χ4n) is 1.34. The first-order valence-corrected chi connectivity index (χ1v) is 5.08. The summed E-state index contributed by atoms with van der Waals surface area (Å²) >= 11 is 0. The minimum atomic E-state index is -4.50. The molecule has 1 rings (SSSR count). The monoisotopic (exact) mass is 265 g/mol. The van der Waals surface area contributed by atoms with E-state index in [2.05, 4.69) is 10.3 Å². The molecule has 0 aromatic carbocycles. The van der Waals surface area contributed by atoms with Gasteiger partial charge in [0, 0.05) is 7.11 Å². The Bertz CT molecular complexity index is 398. The number of ether oxygens (including phenoxy) is 1. The number of hydrogen-bond donors (Lipinski definition) is 3. The van der Waals surface area contributed by atoms with Gasteiger partial charge in [0.1, 0.15) is 11.6 Å². The van der Waals surface area contributed by atoms with E-state index in [1.165, 1.54) is 7.11 Å². The first-order chi connectivity index (χ1) is 8.36. The molecule has 0 bridgehead atoms. The van der Waals surface area contributed by atoms with Crippen molar-refractivity contribution in [1.29, 1.82) is 0 Å². The molecule has 0 saturated carbocycles. The molecule has 1 aromatic heterocycles. The van der Waals surface area contributed by atoms with Gasteiger partial charge in [0.2, 0.25) is 0 Å². The van der Waals surface area contributed by atoms with Gasteiger partial charge in [0.15, 0.2) is 0 Å². The SMILES string of the molecule is COCC(CO)Nc1cc(C(F)(F)F)cc(N)n1. The van der Waals surface area contributed by atoms with Gasteiger partial charge in [0.25, 0.3) is 0 Å². The van der Waals surface area contributed by atoms with Crippen LogP contribution in [0.25, 0.3) is 0 Å². The normalized spacial score (nSPS) is 13.4. The van der Waals surface area contributed by atoms with Gasteiger partial charge in [-0.1, -0.05) is 0 Å². The van der Waals surface area contributed by atoms with Crippen LogP contribution >= 0.6 is 0 Å². The van der Waals surface area contributed by atoms with Crippen LogP contribution in [0.2, 0.25) is 0 Å². The minimum Gasteiger partial charge on any atom is -0.394 e. The number of aromatic nitrogens is 1. The van der Waals surface area contributed by atoms with Gasteiger partial charge >= 0.3 is 6.18 Å². The molecule has 1 unspecified atom stereocenters. The highest BCUT2D eigenvalue weighted by atomic mass is 19.4. The van der Waals surface area contributed by atoms with Crippen molar-refractivity contribution in [3.8, 4) is 0 Å². The Kier molecular flexibility index (Phi) is 4.74. The lowest BCUT2D eigenvalue weighted by molar-refractivity contribution is -0.137. The van der Waals surface area contributed by atoms with Crippen LogP contribution in [0.1, 0.15) is 5.56 Å². The fourth-order valence-corrected chi connectivity index (χ4v) is 1.34. The van der Waals surface area contributed by atoms with E-state index in [1.807, 2.05) is 0 Å². The number of pyridine rings is 1. The van der Waals surface area contributed by atoms with E-state index in [9.17, 15) is 13.2 Å². The Labute approximate surface area is 102 Å². The summed E-state index contributed by atoms with van der Waals surface area (Å²) in [5.41, 5.74) is 4.41. The Balaban J connectivity index is 2.92. The molecular formula is C10H14F3N3O2. The second-order valence-electron chi connectivity index (χ2n) is 3.64. The average molecular weight is 265 g/mol. The molecule has 1 atom stereocenters. The molecule has 0 amide bonds. The highest BCUT2D eigenvalue weighted by Gasteiger charge is 2.31. The number of alkyl halides is 3. The fraction of sp³-hybridized carbons (Fsp3) is 0.500. The number of methoxy groups -OCH3 is 1. The quantitative estimate of drug-likeness (QED) is 0.743. The standard InChI is InChI=1S/C10H14F3N3O2/c1-18-5-7(4-17)15-9-3-6(10(11,12)13)2-8(14)16-9/h2-3,7,17H,4-5H2,1H3,(H3,14,15,16). The number of halogens is 3. The number of nitrogens with one attached hydrogen (secondary N) is 1. The highest BCUT2D eigenvalue weighted by molar-refractivity contribution is 5.48. The Morgan fingerprint density at radius 1 is 1.50 bits per heavy atom. The largest absolute Gasteiger partial charge is 0.416 e. The van der Waals surface area contributed by atoms with Crippen LogP contribution in [0.5, 0.6) is 0 Å². The maximum atomic E-state index is 12.5. The van der Waals surface area contributed by atoms with E-state index in [1.54, 1.807) is 0 Å². The third-order valence-corrected chi connectivity index (χ3v) is 2.11. The number of aliphatic hydroxyl groups excluding tert-OH is 1. The first kappa shape index (κ1) is 14.5. The number of anilines is 2. The van der Waals surface area contributed by atoms with Crippen molar-refractivity contribution in [1.82, 2.24) is 4.98 Å². The Morgan fingerprint density at radius 2 is 2.17 bits per heavy atom. The second kappa shape index (κ2) is 5.87. The van der Waals surface area contributed by atoms with Crippen LogP contribution in [-0.4, -0.2) is 36.5 Å². The number of nitrogen functional groups attached to an aromatic ring is 1. The predicted molar refractivity (Wildman–Crippen MR) is 60.0 cm³/mol. The summed E-state index contributed by atoms with van der Waals surface area (Å²) in [6.45, 7) is -0.167. The third kappa shape index (κ3) is 4.04. The summed E-state index contributed by atoms with van der Waals surface area (Å²) in [4.78, 5) is 3.72. The van der Waals surface area contributed by atoms with E-state index in [0.29, 0.717) is 0 Å². The minimum absolute atomic E-state index is 0.0570. The van der Waals surface area contributed by atoms with Gasteiger partial charge in [-0.3, -0.25) is 0 Å². The van der Waals surface area contributed by atoms with Gasteiger partial charge in [-0.25, -0.2) is 4.98 Å². The topological polar surface area (TPSA) is 80.4 Å². The number of hydrogen-bond acceptors (Lipinski definition) is 5. The van der Waals surface area contributed by atoms with Crippen molar-refractivity contribution in [2.45, 2.75) is 12.2 Å². The maximum absolute atomic E-state index is 12.5. The molecule has 8 heteroatoms.